The second-order valence-electron chi connectivity index (χ2n) is 6.07. The summed E-state index contributed by atoms with van der Waals surface area (Å²) < 4.78 is 45.6. The number of rotatable bonds is 6. The van der Waals surface area contributed by atoms with Gasteiger partial charge in [-0.2, -0.15) is 0 Å². The molecular weight excluding hydrogens is 508 g/mol. The van der Waals surface area contributed by atoms with E-state index in [1.165, 1.54) is 24.3 Å². The zero-order valence-corrected chi connectivity index (χ0v) is 18.4. The Morgan fingerprint density at radius 1 is 0.933 bits per heavy atom. The van der Waals surface area contributed by atoms with Crippen LogP contribution in [0.3, 0.4) is 0 Å². The third-order valence-corrected chi connectivity index (χ3v) is 3.97. The van der Waals surface area contributed by atoms with Gasteiger partial charge in [-0.1, -0.05) is 0 Å². The number of pyridine rings is 1. The van der Waals surface area contributed by atoms with Crippen LogP contribution >= 0.6 is 24.0 Å². The maximum Gasteiger partial charge on any atom is 0.219 e. The Morgan fingerprint density at radius 2 is 1.63 bits per heavy atom. The third-order valence-electron chi connectivity index (χ3n) is 3.97. The van der Waals surface area contributed by atoms with Crippen molar-refractivity contribution in [2.45, 2.75) is 13.1 Å². The minimum Gasteiger partial charge on any atom is -0.439 e. The molecule has 0 aliphatic carbocycles. The second-order valence-corrected chi connectivity index (χ2v) is 6.07. The molecule has 9 heteroatoms. The van der Waals surface area contributed by atoms with Gasteiger partial charge in [0.25, 0.3) is 0 Å². The average Bonchev–Trinajstić information content (AvgIpc) is 2.72. The van der Waals surface area contributed by atoms with Gasteiger partial charge >= 0.3 is 0 Å². The Morgan fingerprint density at radius 3 is 2.37 bits per heavy atom. The first-order valence-corrected chi connectivity index (χ1v) is 8.80. The van der Waals surface area contributed by atoms with Gasteiger partial charge < -0.3 is 15.4 Å². The highest BCUT2D eigenvalue weighted by atomic mass is 127. The number of halogens is 4. The molecule has 30 heavy (non-hydrogen) atoms. The molecule has 0 unspecified atom stereocenters. The van der Waals surface area contributed by atoms with Gasteiger partial charge in [0.05, 0.1) is 0 Å². The first-order chi connectivity index (χ1) is 14.0. The molecule has 0 radical (unpaired) electrons. The van der Waals surface area contributed by atoms with Crippen LogP contribution in [-0.4, -0.2) is 18.0 Å². The molecule has 0 saturated carbocycles. The van der Waals surface area contributed by atoms with Crippen LogP contribution in [0.2, 0.25) is 0 Å². The van der Waals surface area contributed by atoms with E-state index in [1.807, 2.05) is 0 Å². The van der Waals surface area contributed by atoms with Gasteiger partial charge in [0.1, 0.15) is 23.2 Å². The Hall–Kier alpha value is -2.82. The molecule has 0 saturated heterocycles. The zero-order chi connectivity index (χ0) is 20.6. The van der Waals surface area contributed by atoms with E-state index in [4.69, 9.17) is 4.74 Å². The maximum absolute atomic E-state index is 13.7. The Kier molecular flexibility index (Phi) is 8.90. The molecule has 5 nitrogen and oxygen atoms in total. The SMILES string of the molecule is CN=C(NCc1ccnc(Oc2ccc(F)cc2)c1)NCc1cc(F)ccc1F.I. The lowest BCUT2D eigenvalue weighted by molar-refractivity contribution is 0.460. The third kappa shape index (κ3) is 6.90. The summed E-state index contributed by atoms with van der Waals surface area (Å²) in [5, 5.41) is 6.01. The number of hydrogen-bond acceptors (Lipinski definition) is 3. The van der Waals surface area contributed by atoms with Crippen LogP contribution in [0.5, 0.6) is 11.6 Å². The first-order valence-electron chi connectivity index (χ1n) is 8.80. The van der Waals surface area contributed by atoms with E-state index in [0.29, 0.717) is 24.1 Å². The van der Waals surface area contributed by atoms with E-state index < -0.39 is 11.6 Å². The van der Waals surface area contributed by atoms with Crippen molar-refractivity contribution in [3.8, 4) is 11.6 Å². The zero-order valence-electron chi connectivity index (χ0n) is 16.0. The Bertz CT molecular complexity index is 1000. The van der Waals surface area contributed by atoms with Crippen molar-refractivity contribution < 1.29 is 17.9 Å². The predicted octanol–water partition coefficient (Wildman–Crippen LogP) is 4.77. The Labute approximate surface area is 189 Å². The highest BCUT2D eigenvalue weighted by molar-refractivity contribution is 14.0. The first kappa shape index (κ1) is 23.5. The molecule has 3 rings (SSSR count). The summed E-state index contributed by atoms with van der Waals surface area (Å²) in [4.78, 5) is 8.20. The molecule has 158 valence electrons. The average molecular weight is 528 g/mol. The summed E-state index contributed by atoms with van der Waals surface area (Å²) in [5.74, 6) is -0.0891. The van der Waals surface area contributed by atoms with Crippen LogP contribution in [0.1, 0.15) is 11.1 Å². The summed E-state index contributed by atoms with van der Waals surface area (Å²) in [5.41, 5.74) is 1.06. The molecule has 0 bridgehead atoms. The lowest BCUT2D eigenvalue weighted by Crippen LogP contribution is -2.36. The van der Waals surface area contributed by atoms with E-state index in [-0.39, 0.29) is 41.9 Å². The fourth-order valence-corrected chi connectivity index (χ4v) is 2.50. The summed E-state index contributed by atoms with van der Waals surface area (Å²) in [6.07, 6.45) is 1.59. The number of benzene rings is 2. The quantitative estimate of drug-likeness (QED) is 0.275. The van der Waals surface area contributed by atoms with Gasteiger partial charge in [0.2, 0.25) is 5.88 Å². The number of nitrogens with one attached hydrogen (secondary N) is 2. The Balaban J connectivity index is 0.00000320. The molecular formula is C21H20F3IN4O. The van der Waals surface area contributed by atoms with Crippen molar-refractivity contribution in [3.63, 3.8) is 0 Å². The highest BCUT2D eigenvalue weighted by Crippen LogP contribution is 2.20. The lowest BCUT2D eigenvalue weighted by atomic mass is 10.2. The molecule has 0 aliphatic heterocycles. The van der Waals surface area contributed by atoms with Gasteiger partial charge in [-0.05, 0) is 54.1 Å². The molecule has 0 atom stereocenters. The fraction of sp³-hybridized carbons (Fsp3) is 0.143. The van der Waals surface area contributed by atoms with E-state index in [0.717, 1.165) is 23.8 Å². The smallest absolute Gasteiger partial charge is 0.219 e. The van der Waals surface area contributed by atoms with Crippen molar-refractivity contribution in [1.82, 2.24) is 15.6 Å². The number of nitrogens with zero attached hydrogens (tertiary/aromatic N) is 2. The van der Waals surface area contributed by atoms with Gasteiger partial charge in [-0.3, -0.25) is 4.99 Å². The van der Waals surface area contributed by atoms with Crippen LogP contribution in [0.25, 0.3) is 0 Å². The fourth-order valence-electron chi connectivity index (χ4n) is 2.50. The molecule has 2 N–H and O–H groups in total. The van der Waals surface area contributed by atoms with Crippen LogP contribution in [-0.2, 0) is 13.1 Å². The van der Waals surface area contributed by atoms with Gasteiger partial charge in [0.15, 0.2) is 5.96 Å². The maximum atomic E-state index is 13.7. The minimum absolute atomic E-state index is 0. The van der Waals surface area contributed by atoms with Gasteiger partial charge in [-0.25, -0.2) is 18.2 Å². The predicted molar refractivity (Wildman–Crippen MR) is 120 cm³/mol. The van der Waals surface area contributed by atoms with Crippen molar-refractivity contribution in [2.24, 2.45) is 4.99 Å². The van der Waals surface area contributed by atoms with Crippen LogP contribution < -0.4 is 15.4 Å². The molecule has 2 aromatic carbocycles. The second kappa shape index (κ2) is 11.4. The van der Waals surface area contributed by atoms with E-state index in [9.17, 15) is 13.2 Å². The molecule has 1 aromatic heterocycles. The van der Waals surface area contributed by atoms with E-state index in [2.05, 4.69) is 20.6 Å². The van der Waals surface area contributed by atoms with Crippen molar-refractivity contribution >= 4 is 29.9 Å². The molecule has 1 heterocycles. The van der Waals surface area contributed by atoms with Crippen molar-refractivity contribution in [3.05, 3.63) is 89.4 Å². The summed E-state index contributed by atoms with van der Waals surface area (Å²) >= 11 is 0. The largest absolute Gasteiger partial charge is 0.439 e. The monoisotopic (exact) mass is 528 g/mol. The number of aromatic nitrogens is 1. The minimum atomic E-state index is -0.503. The highest BCUT2D eigenvalue weighted by Gasteiger charge is 2.06. The van der Waals surface area contributed by atoms with Crippen molar-refractivity contribution in [2.75, 3.05) is 7.05 Å². The van der Waals surface area contributed by atoms with Crippen LogP contribution in [0.4, 0.5) is 13.2 Å². The number of hydrogen-bond donors (Lipinski definition) is 2. The topological polar surface area (TPSA) is 58.5 Å². The van der Waals surface area contributed by atoms with Crippen LogP contribution in [0.15, 0.2) is 65.8 Å². The summed E-state index contributed by atoms with van der Waals surface area (Å²) in [6.45, 7) is 0.478. The van der Waals surface area contributed by atoms with E-state index >= 15 is 0 Å². The van der Waals surface area contributed by atoms with Gasteiger partial charge in [0, 0.05) is 38.0 Å². The molecule has 3 aromatic rings. The lowest BCUT2D eigenvalue weighted by Gasteiger charge is -2.13. The number of guanidine groups is 1. The number of aliphatic imine (C=N–C) groups is 1. The normalized spacial score (nSPS) is 10.9. The molecule has 0 aliphatic rings. The summed E-state index contributed by atoms with van der Waals surface area (Å²) in [7, 11) is 1.58. The standard InChI is InChI=1S/C21H19F3N4O.HI/c1-25-21(28-13-15-11-17(23)4-7-19(15)24)27-12-14-8-9-26-20(10-14)29-18-5-2-16(22)3-6-18;/h2-11H,12-13H2,1H3,(H2,25,27,28);1H. The van der Waals surface area contributed by atoms with Crippen LogP contribution in [0, 0.1) is 17.5 Å². The molecule has 0 fully saturated rings. The van der Waals surface area contributed by atoms with Gasteiger partial charge in [-0.15, -0.1) is 24.0 Å². The molecule has 0 spiro atoms. The number of ether oxygens (including phenoxy) is 1. The van der Waals surface area contributed by atoms with E-state index in [1.54, 1.807) is 25.4 Å². The molecule has 0 amide bonds. The van der Waals surface area contributed by atoms with Crippen molar-refractivity contribution in [1.29, 1.82) is 0 Å². The summed E-state index contributed by atoms with van der Waals surface area (Å²) in [6, 6.07) is 12.5.